The van der Waals surface area contributed by atoms with Gasteiger partial charge in [-0.15, -0.1) is 0 Å². The van der Waals surface area contributed by atoms with Gasteiger partial charge < -0.3 is 38.3 Å². The summed E-state index contributed by atoms with van der Waals surface area (Å²) >= 11 is 5.94. The fourth-order valence-electron chi connectivity index (χ4n) is 3.56. The second-order valence-electron chi connectivity index (χ2n) is 8.98. The number of nitrogens with two attached hydrogens (primary N) is 3. The smallest absolute Gasteiger partial charge is 0.326 e. The Balaban J connectivity index is 2.84. The molecule has 0 aliphatic rings. The Hall–Kier alpha value is -3.38. The van der Waals surface area contributed by atoms with Crippen LogP contribution in [0, 0.1) is 0 Å². The number of carbonyl (C=O) groups is 4. The number of hydrogen-bond donors (Lipinski definition) is 7. The van der Waals surface area contributed by atoms with Crippen LogP contribution in [0.2, 0.25) is 5.02 Å². The molecule has 10 N–H and O–H groups in total. The van der Waals surface area contributed by atoms with E-state index in [1.54, 1.807) is 24.3 Å². The molecule has 0 unspecified atom stereocenters. The average Bonchev–Trinajstić information content (AvgIpc) is 2.86. The number of nitrogens with one attached hydrogen (secondary N) is 3. The van der Waals surface area contributed by atoms with E-state index < -0.39 is 35.9 Å². The first-order valence-corrected chi connectivity index (χ1v) is 13.0. The molecule has 0 aliphatic heterocycles. The van der Waals surface area contributed by atoms with Gasteiger partial charge in [0.25, 0.3) is 0 Å². The molecular formula is C25H40ClN7O5. The Bertz CT molecular complexity index is 939. The quantitative estimate of drug-likeness (QED) is 0.0765. The molecule has 0 aromatic heterocycles. The molecule has 0 radical (unpaired) electrons. The van der Waals surface area contributed by atoms with E-state index in [0.717, 1.165) is 19.3 Å². The molecule has 0 aliphatic carbocycles. The standard InChI is InChI=1S/C25H40ClN7O5/c1-16(31-21(34)8-4-2-3-5-13-27)22(35)33-20(15-17-9-11-18(26)12-10-17)23(36)32-19(24(37)38)7-6-14-30-25(28)29/h9-12,16,19-20H,2-8,13-15,27H2,1H3,(H,31,34)(H,32,36)(H,33,35)(H,37,38)(H4,28,29,30)/t16-,19-,20+/m0/s1. The van der Waals surface area contributed by atoms with Crippen LogP contribution in [0.25, 0.3) is 0 Å². The largest absolute Gasteiger partial charge is 0.480 e. The summed E-state index contributed by atoms with van der Waals surface area (Å²) < 4.78 is 0. The molecule has 1 rings (SSSR count). The lowest BCUT2D eigenvalue weighted by atomic mass is 10.0. The number of hydrogen-bond acceptors (Lipinski definition) is 6. The summed E-state index contributed by atoms with van der Waals surface area (Å²) in [6, 6.07) is 3.49. The van der Waals surface area contributed by atoms with Crippen molar-refractivity contribution in [3.63, 3.8) is 0 Å². The maximum atomic E-state index is 13.1. The maximum Gasteiger partial charge on any atom is 0.326 e. The molecule has 0 saturated heterocycles. The molecule has 1 aromatic carbocycles. The number of aliphatic imine (C=N–C) groups is 1. The van der Waals surface area contributed by atoms with Crippen LogP contribution >= 0.6 is 11.6 Å². The van der Waals surface area contributed by atoms with Gasteiger partial charge in [-0.25, -0.2) is 4.79 Å². The third-order valence-corrected chi connectivity index (χ3v) is 5.93. The van der Waals surface area contributed by atoms with E-state index in [1.807, 2.05) is 0 Å². The van der Waals surface area contributed by atoms with Gasteiger partial charge in [0.1, 0.15) is 18.1 Å². The number of nitrogens with zero attached hydrogens (tertiary/aromatic N) is 1. The monoisotopic (exact) mass is 553 g/mol. The van der Waals surface area contributed by atoms with Crippen LogP contribution in [-0.2, 0) is 25.6 Å². The average molecular weight is 554 g/mol. The molecule has 3 amide bonds. The minimum absolute atomic E-state index is 0.0802. The lowest BCUT2D eigenvalue weighted by Crippen LogP contribution is -2.55. The van der Waals surface area contributed by atoms with Crippen LogP contribution in [0.1, 0.15) is 57.4 Å². The summed E-state index contributed by atoms with van der Waals surface area (Å²) in [4.78, 5) is 53.7. The predicted molar refractivity (Wildman–Crippen MR) is 146 cm³/mol. The zero-order chi connectivity index (χ0) is 28.5. The van der Waals surface area contributed by atoms with E-state index >= 15 is 0 Å². The van der Waals surface area contributed by atoms with Gasteiger partial charge in [0.15, 0.2) is 5.96 Å². The first-order valence-electron chi connectivity index (χ1n) is 12.7. The van der Waals surface area contributed by atoms with Gasteiger partial charge in [-0.1, -0.05) is 36.6 Å². The lowest BCUT2D eigenvalue weighted by Gasteiger charge is -2.23. The predicted octanol–water partition coefficient (Wildman–Crippen LogP) is 0.404. The minimum atomic E-state index is -1.23. The highest BCUT2D eigenvalue weighted by Gasteiger charge is 2.28. The van der Waals surface area contributed by atoms with Crippen LogP contribution in [0.5, 0.6) is 0 Å². The fraction of sp³-hybridized carbons (Fsp3) is 0.560. The van der Waals surface area contributed by atoms with Crippen molar-refractivity contribution < 1.29 is 24.3 Å². The number of rotatable bonds is 18. The summed E-state index contributed by atoms with van der Waals surface area (Å²) in [5, 5.41) is 17.8. The van der Waals surface area contributed by atoms with Gasteiger partial charge in [-0.3, -0.25) is 19.4 Å². The molecule has 0 bridgehead atoms. The Kier molecular flexibility index (Phi) is 15.4. The Morgan fingerprint density at radius 1 is 0.921 bits per heavy atom. The zero-order valence-electron chi connectivity index (χ0n) is 21.7. The Morgan fingerprint density at radius 3 is 2.16 bits per heavy atom. The molecule has 1 aromatic rings. The summed E-state index contributed by atoms with van der Waals surface area (Å²) in [5.41, 5.74) is 16.7. The summed E-state index contributed by atoms with van der Waals surface area (Å²) in [5.74, 6) is -2.87. The van der Waals surface area contributed by atoms with Gasteiger partial charge >= 0.3 is 5.97 Å². The molecule has 0 spiro atoms. The van der Waals surface area contributed by atoms with Crippen LogP contribution in [0.3, 0.4) is 0 Å². The van der Waals surface area contributed by atoms with E-state index in [-0.39, 0.29) is 37.7 Å². The van der Waals surface area contributed by atoms with Crippen LogP contribution in [0.4, 0.5) is 0 Å². The van der Waals surface area contributed by atoms with Crippen LogP contribution < -0.4 is 33.2 Å². The number of halogens is 1. The number of carbonyl (C=O) groups excluding carboxylic acids is 3. The SMILES string of the molecule is C[C@H](NC(=O)CCCCCCN)C(=O)N[C@H](Cc1ccc(Cl)cc1)C(=O)N[C@@H](CCCN=C(N)N)C(=O)O. The highest BCUT2D eigenvalue weighted by Crippen LogP contribution is 2.12. The minimum Gasteiger partial charge on any atom is -0.480 e. The van der Waals surface area contributed by atoms with Crippen molar-refractivity contribution in [2.45, 2.75) is 76.4 Å². The first-order chi connectivity index (χ1) is 18.0. The number of unbranched alkanes of at least 4 members (excludes halogenated alkanes) is 3. The number of benzene rings is 1. The van der Waals surface area contributed by atoms with E-state index in [0.29, 0.717) is 30.0 Å². The number of amides is 3. The Morgan fingerprint density at radius 2 is 1.55 bits per heavy atom. The topological polar surface area (TPSA) is 215 Å². The van der Waals surface area contributed by atoms with Crippen molar-refractivity contribution in [3.05, 3.63) is 34.9 Å². The summed E-state index contributed by atoms with van der Waals surface area (Å²) in [6.07, 6.45) is 4.14. The third kappa shape index (κ3) is 13.8. The maximum absolute atomic E-state index is 13.1. The number of carboxylic acid groups (broad SMARTS) is 1. The molecule has 212 valence electrons. The molecule has 0 fully saturated rings. The molecule has 0 heterocycles. The molecule has 13 heteroatoms. The third-order valence-electron chi connectivity index (χ3n) is 5.67. The van der Waals surface area contributed by atoms with E-state index in [9.17, 15) is 24.3 Å². The van der Waals surface area contributed by atoms with Gasteiger partial charge in [0, 0.05) is 24.4 Å². The van der Waals surface area contributed by atoms with Crippen molar-refractivity contribution >= 4 is 41.3 Å². The second kappa shape index (κ2) is 18.0. The van der Waals surface area contributed by atoms with E-state index in [1.165, 1.54) is 6.92 Å². The van der Waals surface area contributed by atoms with Gasteiger partial charge in [0.2, 0.25) is 17.7 Å². The highest BCUT2D eigenvalue weighted by atomic mass is 35.5. The van der Waals surface area contributed by atoms with Crippen molar-refractivity contribution in [2.24, 2.45) is 22.2 Å². The van der Waals surface area contributed by atoms with Gasteiger partial charge in [0.05, 0.1) is 0 Å². The van der Waals surface area contributed by atoms with Crippen molar-refractivity contribution in [1.29, 1.82) is 0 Å². The van der Waals surface area contributed by atoms with Crippen molar-refractivity contribution in [1.82, 2.24) is 16.0 Å². The Labute approximate surface area is 228 Å². The molecule has 0 saturated carbocycles. The fourth-order valence-corrected chi connectivity index (χ4v) is 3.68. The highest BCUT2D eigenvalue weighted by molar-refractivity contribution is 6.30. The van der Waals surface area contributed by atoms with E-state index in [2.05, 4.69) is 20.9 Å². The van der Waals surface area contributed by atoms with E-state index in [4.69, 9.17) is 28.8 Å². The molecule has 12 nitrogen and oxygen atoms in total. The number of carboxylic acids is 1. The summed E-state index contributed by atoms with van der Waals surface area (Å²) in [7, 11) is 0. The van der Waals surface area contributed by atoms with Gasteiger partial charge in [-0.05, 0) is 56.8 Å². The lowest BCUT2D eigenvalue weighted by molar-refractivity contribution is -0.142. The number of guanidine groups is 1. The van der Waals surface area contributed by atoms with Crippen LogP contribution in [-0.4, -0.2) is 66.0 Å². The normalized spacial score (nSPS) is 13.0. The molecular weight excluding hydrogens is 514 g/mol. The second-order valence-corrected chi connectivity index (χ2v) is 9.42. The van der Waals surface area contributed by atoms with Crippen molar-refractivity contribution in [2.75, 3.05) is 13.1 Å². The number of aliphatic carboxylic acids is 1. The molecule has 3 atom stereocenters. The zero-order valence-corrected chi connectivity index (χ0v) is 22.5. The summed E-state index contributed by atoms with van der Waals surface area (Å²) in [6.45, 7) is 2.33. The van der Waals surface area contributed by atoms with Crippen LogP contribution in [0.15, 0.2) is 29.3 Å². The first kappa shape index (κ1) is 32.6. The molecule has 38 heavy (non-hydrogen) atoms. The van der Waals surface area contributed by atoms with Crippen molar-refractivity contribution in [3.8, 4) is 0 Å². The van der Waals surface area contributed by atoms with Gasteiger partial charge in [-0.2, -0.15) is 0 Å².